The second-order valence-electron chi connectivity index (χ2n) is 2.68. The first-order valence-electron chi connectivity index (χ1n) is 4.18. The predicted molar refractivity (Wildman–Crippen MR) is 63.0 cm³/mol. The van der Waals surface area contributed by atoms with Crippen LogP contribution in [-0.2, 0) is 9.47 Å². The van der Waals surface area contributed by atoms with Gasteiger partial charge >= 0.3 is 5.97 Å². The Balaban J connectivity index is 2.97. The molecule has 0 atom stereocenters. The number of hydrogen-bond acceptors (Lipinski definition) is 4. The lowest BCUT2D eigenvalue weighted by atomic mass is 10.2. The molecule has 1 aromatic carbocycles. The maximum absolute atomic E-state index is 11.4. The average molecular weight is 322 g/mol. The van der Waals surface area contributed by atoms with Crippen molar-refractivity contribution >= 4 is 28.6 Å². The summed E-state index contributed by atoms with van der Waals surface area (Å²) in [6.45, 7) is 0.102. The molecule has 0 fully saturated rings. The standard InChI is InChI=1S/C10H11IO4/c1-13-6-15-9-4-3-7(11)5-8(9)10(12)14-2/h3-5H,6H2,1-2H3. The Bertz CT molecular complexity index is 351. The highest BCUT2D eigenvalue weighted by molar-refractivity contribution is 14.1. The number of esters is 1. The third-order valence-electron chi connectivity index (χ3n) is 1.68. The highest BCUT2D eigenvalue weighted by Crippen LogP contribution is 2.22. The summed E-state index contributed by atoms with van der Waals surface area (Å²) in [6.07, 6.45) is 0. The van der Waals surface area contributed by atoms with Crippen LogP contribution in [0.25, 0.3) is 0 Å². The molecule has 0 aliphatic carbocycles. The number of benzene rings is 1. The molecule has 0 aromatic heterocycles. The van der Waals surface area contributed by atoms with E-state index in [0.717, 1.165) is 3.57 Å². The Hall–Kier alpha value is -0.820. The number of carbonyl (C=O) groups excluding carboxylic acids is 1. The van der Waals surface area contributed by atoms with E-state index in [0.29, 0.717) is 11.3 Å². The molecule has 0 unspecified atom stereocenters. The Morgan fingerprint density at radius 1 is 1.40 bits per heavy atom. The third kappa shape index (κ3) is 3.35. The maximum atomic E-state index is 11.4. The van der Waals surface area contributed by atoms with Crippen LogP contribution in [0.4, 0.5) is 0 Å². The van der Waals surface area contributed by atoms with Crippen molar-refractivity contribution in [1.82, 2.24) is 0 Å². The zero-order valence-electron chi connectivity index (χ0n) is 8.45. The molecule has 0 spiro atoms. The van der Waals surface area contributed by atoms with Crippen LogP contribution < -0.4 is 4.74 Å². The summed E-state index contributed by atoms with van der Waals surface area (Å²) in [6, 6.07) is 5.27. The fourth-order valence-electron chi connectivity index (χ4n) is 1.02. The molecule has 82 valence electrons. The molecule has 5 heteroatoms. The Morgan fingerprint density at radius 2 is 2.13 bits per heavy atom. The number of halogens is 1. The lowest BCUT2D eigenvalue weighted by molar-refractivity contribution is 0.0465. The molecule has 0 heterocycles. The van der Waals surface area contributed by atoms with Crippen LogP contribution in [0, 0.1) is 3.57 Å². The number of methoxy groups -OCH3 is 2. The molecule has 0 aliphatic heterocycles. The largest absolute Gasteiger partial charge is 0.467 e. The quantitative estimate of drug-likeness (QED) is 0.484. The molecular weight excluding hydrogens is 311 g/mol. The van der Waals surface area contributed by atoms with Crippen molar-refractivity contribution in [2.75, 3.05) is 21.0 Å². The first-order chi connectivity index (χ1) is 7.19. The lowest BCUT2D eigenvalue weighted by Gasteiger charge is -2.09. The van der Waals surface area contributed by atoms with E-state index in [2.05, 4.69) is 27.3 Å². The van der Waals surface area contributed by atoms with Gasteiger partial charge < -0.3 is 14.2 Å². The van der Waals surface area contributed by atoms with Crippen LogP contribution in [0.3, 0.4) is 0 Å². The smallest absolute Gasteiger partial charge is 0.341 e. The summed E-state index contributed by atoms with van der Waals surface area (Å²) in [4.78, 5) is 11.4. The molecule has 1 aromatic rings. The van der Waals surface area contributed by atoms with Gasteiger partial charge in [-0.05, 0) is 40.8 Å². The second kappa shape index (κ2) is 5.92. The van der Waals surface area contributed by atoms with E-state index >= 15 is 0 Å². The van der Waals surface area contributed by atoms with Crippen molar-refractivity contribution in [3.8, 4) is 5.75 Å². The van der Waals surface area contributed by atoms with E-state index < -0.39 is 5.97 Å². The monoisotopic (exact) mass is 322 g/mol. The average Bonchev–Trinajstić information content (AvgIpc) is 2.26. The minimum atomic E-state index is -0.417. The summed E-state index contributed by atoms with van der Waals surface area (Å²) in [5.74, 6) is 0.0451. The molecule has 0 radical (unpaired) electrons. The fraction of sp³-hybridized carbons (Fsp3) is 0.300. The molecule has 0 saturated carbocycles. The SMILES string of the molecule is COCOc1ccc(I)cc1C(=O)OC. The van der Waals surface area contributed by atoms with Crippen molar-refractivity contribution in [3.05, 3.63) is 27.3 Å². The van der Waals surface area contributed by atoms with Crippen molar-refractivity contribution in [2.24, 2.45) is 0 Å². The van der Waals surface area contributed by atoms with E-state index in [1.165, 1.54) is 14.2 Å². The Morgan fingerprint density at radius 3 is 2.73 bits per heavy atom. The molecular formula is C10H11IO4. The molecule has 15 heavy (non-hydrogen) atoms. The van der Waals surface area contributed by atoms with Gasteiger partial charge in [0.2, 0.25) is 0 Å². The van der Waals surface area contributed by atoms with Crippen LogP contribution in [0.15, 0.2) is 18.2 Å². The topological polar surface area (TPSA) is 44.8 Å². The van der Waals surface area contributed by atoms with Gasteiger partial charge in [0.15, 0.2) is 6.79 Å². The first-order valence-corrected chi connectivity index (χ1v) is 5.26. The van der Waals surface area contributed by atoms with Gasteiger partial charge in [0.25, 0.3) is 0 Å². The summed E-state index contributed by atoms with van der Waals surface area (Å²) in [5, 5.41) is 0. The van der Waals surface area contributed by atoms with Crippen LogP contribution in [0.1, 0.15) is 10.4 Å². The van der Waals surface area contributed by atoms with Gasteiger partial charge in [0, 0.05) is 10.7 Å². The van der Waals surface area contributed by atoms with E-state index in [1.54, 1.807) is 12.1 Å². The predicted octanol–water partition coefficient (Wildman–Crippen LogP) is 2.06. The Labute approximate surface area is 102 Å². The van der Waals surface area contributed by atoms with E-state index in [4.69, 9.17) is 9.47 Å². The zero-order chi connectivity index (χ0) is 11.3. The zero-order valence-corrected chi connectivity index (χ0v) is 10.6. The normalized spacial score (nSPS) is 9.80. The van der Waals surface area contributed by atoms with Gasteiger partial charge in [0.05, 0.1) is 7.11 Å². The van der Waals surface area contributed by atoms with Crippen LogP contribution in [0.2, 0.25) is 0 Å². The van der Waals surface area contributed by atoms with Gasteiger partial charge in [-0.3, -0.25) is 0 Å². The van der Waals surface area contributed by atoms with Gasteiger partial charge in [-0.2, -0.15) is 0 Å². The number of rotatable bonds is 4. The van der Waals surface area contributed by atoms with E-state index in [9.17, 15) is 4.79 Å². The second-order valence-corrected chi connectivity index (χ2v) is 3.93. The van der Waals surface area contributed by atoms with E-state index in [1.807, 2.05) is 6.07 Å². The van der Waals surface area contributed by atoms with Crippen LogP contribution >= 0.6 is 22.6 Å². The van der Waals surface area contributed by atoms with Crippen molar-refractivity contribution in [2.45, 2.75) is 0 Å². The van der Waals surface area contributed by atoms with Crippen molar-refractivity contribution in [3.63, 3.8) is 0 Å². The van der Waals surface area contributed by atoms with Crippen LogP contribution in [-0.4, -0.2) is 27.0 Å². The minimum absolute atomic E-state index is 0.102. The molecule has 0 bridgehead atoms. The summed E-state index contributed by atoms with van der Waals surface area (Å²) in [5.41, 5.74) is 0.404. The van der Waals surface area contributed by atoms with Gasteiger partial charge in [0.1, 0.15) is 11.3 Å². The van der Waals surface area contributed by atoms with Crippen LogP contribution in [0.5, 0.6) is 5.75 Å². The Kier molecular flexibility index (Phi) is 4.83. The van der Waals surface area contributed by atoms with Crippen molar-refractivity contribution in [1.29, 1.82) is 0 Å². The fourth-order valence-corrected chi connectivity index (χ4v) is 1.51. The molecule has 0 amide bonds. The third-order valence-corrected chi connectivity index (χ3v) is 2.35. The van der Waals surface area contributed by atoms with Gasteiger partial charge in [-0.15, -0.1) is 0 Å². The number of carbonyl (C=O) groups is 1. The highest BCUT2D eigenvalue weighted by Gasteiger charge is 2.13. The summed E-state index contributed by atoms with van der Waals surface area (Å²) in [7, 11) is 2.85. The minimum Gasteiger partial charge on any atom is -0.467 e. The molecule has 4 nitrogen and oxygen atoms in total. The highest BCUT2D eigenvalue weighted by atomic mass is 127. The maximum Gasteiger partial charge on any atom is 0.341 e. The van der Waals surface area contributed by atoms with Crippen molar-refractivity contribution < 1.29 is 19.0 Å². The molecule has 0 aliphatic rings. The van der Waals surface area contributed by atoms with E-state index in [-0.39, 0.29) is 6.79 Å². The first kappa shape index (κ1) is 12.3. The summed E-state index contributed by atoms with van der Waals surface area (Å²) < 4.78 is 15.6. The number of hydrogen-bond donors (Lipinski definition) is 0. The lowest BCUT2D eigenvalue weighted by Crippen LogP contribution is -2.07. The van der Waals surface area contributed by atoms with Gasteiger partial charge in [-0.1, -0.05) is 0 Å². The van der Waals surface area contributed by atoms with Gasteiger partial charge in [-0.25, -0.2) is 4.79 Å². The summed E-state index contributed by atoms with van der Waals surface area (Å²) >= 11 is 2.11. The number of ether oxygens (including phenoxy) is 3. The molecule has 0 N–H and O–H groups in total. The molecule has 1 rings (SSSR count). The molecule has 0 saturated heterocycles.